The second kappa shape index (κ2) is 6.94. The molecule has 0 aliphatic carbocycles. The van der Waals surface area contributed by atoms with Gasteiger partial charge in [-0.2, -0.15) is 4.99 Å². The summed E-state index contributed by atoms with van der Waals surface area (Å²) in [5.74, 6) is -0.0529. The highest BCUT2D eigenvalue weighted by Crippen LogP contribution is 2.19. The van der Waals surface area contributed by atoms with Gasteiger partial charge in [0, 0.05) is 11.7 Å². The smallest absolute Gasteiger partial charge is 0.223 e. The second-order valence-corrected chi connectivity index (χ2v) is 5.28. The molecule has 21 heavy (non-hydrogen) atoms. The molecular formula is C14H23N7. The molecule has 1 fully saturated rings. The summed E-state index contributed by atoms with van der Waals surface area (Å²) < 4.78 is 0. The zero-order chi connectivity index (χ0) is 15.2. The van der Waals surface area contributed by atoms with E-state index >= 15 is 0 Å². The fourth-order valence-corrected chi connectivity index (χ4v) is 2.31. The summed E-state index contributed by atoms with van der Waals surface area (Å²) in [6, 6.07) is 8.26. The van der Waals surface area contributed by atoms with Crippen LogP contribution in [-0.2, 0) is 0 Å². The summed E-state index contributed by atoms with van der Waals surface area (Å²) in [7, 11) is 2.16. The van der Waals surface area contributed by atoms with Crippen LogP contribution in [0.25, 0.3) is 0 Å². The Bertz CT molecular complexity index is 509. The molecule has 2 rings (SSSR count). The van der Waals surface area contributed by atoms with Crippen molar-refractivity contribution in [3.05, 3.63) is 24.3 Å². The molecule has 1 aromatic rings. The highest BCUT2D eigenvalue weighted by molar-refractivity contribution is 5.93. The number of aliphatic imine (C=N–C) groups is 2. The highest BCUT2D eigenvalue weighted by Gasteiger charge is 2.15. The summed E-state index contributed by atoms with van der Waals surface area (Å²) in [6.45, 7) is 2.27. The molecule has 1 aliphatic heterocycles. The molecule has 0 unspecified atom stereocenters. The number of benzene rings is 1. The Morgan fingerprint density at radius 2 is 1.76 bits per heavy atom. The van der Waals surface area contributed by atoms with Crippen LogP contribution in [0.4, 0.5) is 11.4 Å². The Kier molecular flexibility index (Phi) is 4.99. The van der Waals surface area contributed by atoms with E-state index < -0.39 is 0 Å². The van der Waals surface area contributed by atoms with Gasteiger partial charge in [0.25, 0.3) is 0 Å². The first-order valence-corrected chi connectivity index (χ1v) is 7.02. The first kappa shape index (κ1) is 15.1. The van der Waals surface area contributed by atoms with Gasteiger partial charge in [0.15, 0.2) is 5.96 Å². The Morgan fingerprint density at radius 3 is 2.33 bits per heavy atom. The number of rotatable bonds is 3. The zero-order valence-electron chi connectivity index (χ0n) is 12.3. The lowest BCUT2D eigenvalue weighted by Crippen LogP contribution is -2.36. The SMILES string of the molecule is CN1CCC(Nc2ccc(N=C(N)N=C(N)N)cc2)CC1. The van der Waals surface area contributed by atoms with Crippen LogP contribution in [-0.4, -0.2) is 43.0 Å². The largest absolute Gasteiger partial charge is 0.382 e. The molecule has 1 heterocycles. The molecule has 0 atom stereocenters. The number of likely N-dealkylation sites (tertiary alicyclic amines) is 1. The first-order chi connectivity index (χ1) is 10.0. The van der Waals surface area contributed by atoms with Crippen molar-refractivity contribution in [3.8, 4) is 0 Å². The van der Waals surface area contributed by atoms with Gasteiger partial charge in [-0.25, -0.2) is 4.99 Å². The van der Waals surface area contributed by atoms with Crippen LogP contribution in [0.5, 0.6) is 0 Å². The van der Waals surface area contributed by atoms with Gasteiger partial charge >= 0.3 is 0 Å². The molecule has 0 radical (unpaired) electrons. The summed E-state index contributed by atoms with van der Waals surface area (Å²) in [6.07, 6.45) is 2.32. The summed E-state index contributed by atoms with van der Waals surface area (Å²) >= 11 is 0. The maximum Gasteiger partial charge on any atom is 0.223 e. The fourth-order valence-electron chi connectivity index (χ4n) is 2.31. The average Bonchev–Trinajstić information content (AvgIpc) is 2.42. The van der Waals surface area contributed by atoms with Crippen molar-refractivity contribution < 1.29 is 0 Å². The number of piperidine rings is 1. The van der Waals surface area contributed by atoms with E-state index in [2.05, 4.69) is 27.2 Å². The van der Waals surface area contributed by atoms with Crippen LogP contribution in [0.2, 0.25) is 0 Å². The van der Waals surface area contributed by atoms with E-state index in [1.54, 1.807) is 0 Å². The maximum absolute atomic E-state index is 5.59. The third-order valence-electron chi connectivity index (χ3n) is 3.44. The van der Waals surface area contributed by atoms with Crippen molar-refractivity contribution in [3.63, 3.8) is 0 Å². The Hall–Kier alpha value is -2.28. The van der Waals surface area contributed by atoms with E-state index in [1.807, 2.05) is 24.3 Å². The van der Waals surface area contributed by atoms with Gasteiger partial charge in [0.1, 0.15) is 0 Å². The van der Waals surface area contributed by atoms with Crippen LogP contribution in [0.3, 0.4) is 0 Å². The van der Waals surface area contributed by atoms with Crippen molar-refractivity contribution in [2.75, 3.05) is 25.5 Å². The lowest BCUT2D eigenvalue weighted by molar-refractivity contribution is 0.264. The van der Waals surface area contributed by atoms with Gasteiger partial charge in [0.2, 0.25) is 5.96 Å². The lowest BCUT2D eigenvalue weighted by Gasteiger charge is -2.30. The van der Waals surface area contributed by atoms with Crippen molar-refractivity contribution in [1.82, 2.24) is 4.90 Å². The van der Waals surface area contributed by atoms with Crippen LogP contribution < -0.4 is 22.5 Å². The topological polar surface area (TPSA) is 118 Å². The van der Waals surface area contributed by atoms with Crippen LogP contribution in [0, 0.1) is 0 Å². The molecule has 1 saturated heterocycles. The lowest BCUT2D eigenvalue weighted by atomic mass is 10.1. The molecule has 1 aliphatic rings. The second-order valence-electron chi connectivity index (χ2n) is 5.28. The monoisotopic (exact) mass is 289 g/mol. The molecule has 7 heteroatoms. The molecule has 1 aromatic carbocycles. The fraction of sp³-hybridized carbons (Fsp3) is 0.429. The van der Waals surface area contributed by atoms with Gasteiger partial charge in [-0.1, -0.05) is 0 Å². The third-order valence-corrected chi connectivity index (χ3v) is 3.44. The minimum Gasteiger partial charge on any atom is -0.382 e. The van der Waals surface area contributed by atoms with Crippen molar-refractivity contribution in [2.45, 2.75) is 18.9 Å². The van der Waals surface area contributed by atoms with Crippen LogP contribution in [0.15, 0.2) is 34.3 Å². The Balaban J connectivity index is 1.94. The third kappa shape index (κ3) is 4.96. The normalized spacial score (nSPS) is 17.5. The maximum atomic E-state index is 5.59. The number of nitrogens with two attached hydrogens (primary N) is 3. The summed E-state index contributed by atoms with van der Waals surface area (Å²) in [5.41, 5.74) is 17.9. The van der Waals surface area contributed by atoms with E-state index in [9.17, 15) is 0 Å². The molecule has 0 spiro atoms. The molecule has 114 valence electrons. The summed E-state index contributed by atoms with van der Waals surface area (Å²) in [5, 5.41) is 3.54. The van der Waals surface area contributed by atoms with Crippen LogP contribution >= 0.6 is 0 Å². The van der Waals surface area contributed by atoms with E-state index in [0.29, 0.717) is 11.7 Å². The number of nitrogens with zero attached hydrogens (tertiary/aromatic N) is 3. The number of nitrogens with one attached hydrogen (secondary N) is 1. The van der Waals surface area contributed by atoms with Gasteiger partial charge < -0.3 is 27.4 Å². The van der Waals surface area contributed by atoms with Crippen molar-refractivity contribution in [1.29, 1.82) is 0 Å². The number of hydrogen-bond acceptors (Lipinski definition) is 3. The molecule has 7 N–H and O–H groups in total. The molecule has 0 bridgehead atoms. The predicted octanol–water partition coefficient (Wildman–Crippen LogP) is 0.412. The standard InChI is InChI=1S/C14H23N7/c1-21-8-6-12(7-9-21)18-10-2-4-11(5-3-10)19-14(17)20-13(15)16/h2-5,12,18H,6-9H2,1H3,(H6,15,16,17,19,20). The average molecular weight is 289 g/mol. The van der Waals surface area contributed by atoms with Crippen molar-refractivity contribution >= 4 is 23.3 Å². The minimum absolute atomic E-state index is 0.0472. The molecule has 7 nitrogen and oxygen atoms in total. The quantitative estimate of drug-likeness (QED) is 0.475. The van der Waals surface area contributed by atoms with E-state index in [1.165, 1.54) is 0 Å². The van der Waals surface area contributed by atoms with Gasteiger partial charge in [-0.3, -0.25) is 0 Å². The predicted molar refractivity (Wildman–Crippen MR) is 87.7 cm³/mol. The first-order valence-electron chi connectivity index (χ1n) is 7.02. The number of anilines is 1. The molecule has 0 amide bonds. The van der Waals surface area contributed by atoms with Crippen LogP contribution in [0.1, 0.15) is 12.8 Å². The molecule has 0 aromatic heterocycles. The molecular weight excluding hydrogens is 266 g/mol. The van der Waals surface area contributed by atoms with E-state index in [-0.39, 0.29) is 11.9 Å². The van der Waals surface area contributed by atoms with Gasteiger partial charge in [-0.05, 0) is 57.2 Å². The summed E-state index contributed by atoms with van der Waals surface area (Å²) in [4.78, 5) is 10.1. The molecule has 0 saturated carbocycles. The van der Waals surface area contributed by atoms with Gasteiger partial charge in [-0.15, -0.1) is 0 Å². The Labute approximate surface area is 124 Å². The Morgan fingerprint density at radius 1 is 1.14 bits per heavy atom. The minimum atomic E-state index is -0.100. The van der Waals surface area contributed by atoms with Gasteiger partial charge in [0.05, 0.1) is 5.69 Å². The highest BCUT2D eigenvalue weighted by atomic mass is 15.1. The van der Waals surface area contributed by atoms with E-state index in [4.69, 9.17) is 17.2 Å². The number of hydrogen-bond donors (Lipinski definition) is 4. The number of guanidine groups is 2. The van der Waals surface area contributed by atoms with Crippen molar-refractivity contribution in [2.24, 2.45) is 27.2 Å². The van der Waals surface area contributed by atoms with E-state index in [0.717, 1.165) is 31.6 Å². The zero-order valence-corrected chi connectivity index (χ0v) is 12.3.